The van der Waals surface area contributed by atoms with Gasteiger partial charge in [-0.3, -0.25) is 0 Å². The number of esters is 1. The fourth-order valence-corrected chi connectivity index (χ4v) is 3.01. The monoisotopic (exact) mass is 366 g/mol. The SMILES string of the molecule is Cc1cc(OC(=O)c2ccc(S(C)(=O)=O)cc2)c(C(C)C)cc1Cl. The van der Waals surface area contributed by atoms with Crippen LogP contribution in [0.5, 0.6) is 5.75 Å². The highest BCUT2D eigenvalue weighted by Crippen LogP contribution is 2.32. The Morgan fingerprint density at radius 2 is 1.71 bits per heavy atom. The van der Waals surface area contributed by atoms with Gasteiger partial charge in [-0.15, -0.1) is 0 Å². The Hall–Kier alpha value is -1.85. The average molecular weight is 367 g/mol. The number of ether oxygens (including phenoxy) is 1. The molecule has 2 aromatic rings. The molecule has 0 bridgehead atoms. The van der Waals surface area contributed by atoms with Crippen molar-refractivity contribution in [2.24, 2.45) is 0 Å². The molecule has 2 rings (SSSR count). The van der Waals surface area contributed by atoms with Crippen LogP contribution in [0.4, 0.5) is 0 Å². The molecule has 0 aliphatic heterocycles. The van der Waals surface area contributed by atoms with Crippen molar-refractivity contribution >= 4 is 27.4 Å². The Bertz CT molecular complexity index is 869. The Morgan fingerprint density at radius 3 is 2.21 bits per heavy atom. The molecule has 0 radical (unpaired) electrons. The molecule has 4 nitrogen and oxygen atoms in total. The number of hydrogen-bond acceptors (Lipinski definition) is 4. The van der Waals surface area contributed by atoms with Crippen molar-refractivity contribution in [2.75, 3.05) is 6.26 Å². The van der Waals surface area contributed by atoms with Crippen LogP contribution in [0.2, 0.25) is 5.02 Å². The van der Waals surface area contributed by atoms with Crippen LogP contribution in [0.15, 0.2) is 41.3 Å². The number of carbonyl (C=O) groups is 1. The lowest BCUT2D eigenvalue weighted by Crippen LogP contribution is -2.11. The van der Waals surface area contributed by atoms with Gasteiger partial charge in [-0.25, -0.2) is 13.2 Å². The molecular weight excluding hydrogens is 348 g/mol. The van der Waals surface area contributed by atoms with Crippen molar-refractivity contribution < 1.29 is 17.9 Å². The summed E-state index contributed by atoms with van der Waals surface area (Å²) < 4.78 is 28.4. The summed E-state index contributed by atoms with van der Waals surface area (Å²) in [5.41, 5.74) is 1.94. The van der Waals surface area contributed by atoms with Crippen LogP contribution in [0, 0.1) is 6.92 Å². The molecule has 0 fully saturated rings. The van der Waals surface area contributed by atoms with Gasteiger partial charge in [0.1, 0.15) is 5.75 Å². The Labute approximate surface area is 147 Å². The van der Waals surface area contributed by atoms with E-state index in [-0.39, 0.29) is 16.4 Å². The summed E-state index contributed by atoms with van der Waals surface area (Å²) in [5.74, 6) is 0.0567. The van der Waals surface area contributed by atoms with Gasteiger partial charge in [0.25, 0.3) is 0 Å². The van der Waals surface area contributed by atoms with E-state index in [4.69, 9.17) is 16.3 Å². The number of aryl methyl sites for hydroxylation is 1. The third-order valence-electron chi connectivity index (χ3n) is 3.63. The molecule has 0 N–H and O–H groups in total. The van der Waals surface area contributed by atoms with Gasteiger partial charge in [-0.2, -0.15) is 0 Å². The lowest BCUT2D eigenvalue weighted by atomic mass is 10.0. The van der Waals surface area contributed by atoms with E-state index in [9.17, 15) is 13.2 Å². The third kappa shape index (κ3) is 4.16. The van der Waals surface area contributed by atoms with Gasteiger partial charge in [-0.1, -0.05) is 25.4 Å². The van der Waals surface area contributed by atoms with Crippen LogP contribution in [0.3, 0.4) is 0 Å². The zero-order valence-corrected chi connectivity index (χ0v) is 15.5. The summed E-state index contributed by atoms with van der Waals surface area (Å²) in [6, 6.07) is 9.20. The Morgan fingerprint density at radius 1 is 1.12 bits per heavy atom. The summed E-state index contributed by atoms with van der Waals surface area (Å²) in [5, 5.41) is 0.621. The van der Waals surface area contributed by atoms with Gasteiger partial charge in [-0.05, 0) is 60.4 Å². The highest BCUT2D eigenvalue weighted by Gasteiger charge is 2.16. The smallest absolute Gasteiger partial charge is 0.343 e. The van der Waals surface area contributed by atoms with Crippen LogP contribution in [-0.2, 0) is 9.84 Å². The predicted molar refractivity (Wildman–Crippen MR) is 94.8 cm³/mol. The van der Waals surface area contributed by atoms with Gasteiger partial charge in [0.15, 0.2) is 9.84 Å². The van der Waals surface area contributed by atoms with Crippen LogP contribution >= 0.6 is 11.6 Å². The van der Waals surface area contributed by atoms with E-state index in [1.165, 1.54) is 24.3 Å². The van der Waals surface area contributed by atoms with E-state index >= 15 is 0 Å². The van der Waals surface area contributed by atoms with Crippen molar-refractivity contribution in [3.8, 4) is 5.75 Å². The zero-order chi connectivity index (χ0) is 18.1. The van der Waals surface area contributed by atoms with Gasteiger partial charge in [0.2, 0.25) is 0 Å². The number of benzene rings is 2. The second-order valence-corrected chi connectivity index (χ2v) is 8.40. The van der Waals surface area contributed by atoms with Gasteiger partial charge >= 0.3 is 5.97 Å². The summed E-state index contributed by atoms with van der Waals surface area (Å²) >= 11 is 6.15. The predicted octanol–water partition coefficient (Wildman–Crippen LogP) is 4.39. The molecular formula is C18H19ClO4S. The van der Waals surface area contributed by atoms with Crippen molar-refractivity contribution in [1.29, 1.82) is 0 Å². The lowest BCUT2D eigenvalue weighted by Gasteiger charge is -2.15. The maximum atomic E-state index is 12.3. The minimum absolute atomic E-state index is 0.138. The molecule has 128 valence electrons. The summed E-state index contributed by atoms with van der Waals surface area (Å²) in [4.78, 5) is 12.5. The molecule has 0 atom stereocenters. The molecule has 0 heterocycles. The molecule has 24 heavy (non-hydrogen) atoms. The maximum Gasteiger partial charge on any atom is 0.343 e. The number of rotatable bonds is 4. The molecule has 6 heteroatoms. The first-order valence-corrected chi connectivity index (χ1v) is 9.69. The van der Waals surface area contributed by atoms with Crippen molar-refractivity contribution in [2.45, 2.75) is 31.6 Å². The van der Waals surface area contributed by atoms with Gasteiger partial charge in [0.05, 0.1) is 10.5 Å². The third-order valence-corrected chi connectivity index (χ3v) is 5.17. The van der Waals surface area contributed by atoms with E-state index < -0.39 is 15.8 Å². The van der Waals surface area contributed by atoms with Gasteiger partial charge in [0, 0.05) is 11.3 Å². The molecule has 0 aliphatic rings. The zero-order valence-electron chi connectivity index (χ0n) is 14.0. The minimum Gasteiger partial charge on any atom is -0.423 e. The van der Waals surface area contributed by atoms with E-state index in [0.717, 1.165) is 17.4 Å². The van der Waals surface area contributed by atoms with E-state index in [2.05, 4.69) is 0 Å². The van der Waals surface area contributed by atoms with Gasteiger partial charge < -0.3 is 4.74 Å². The minimum atomic E-state index is -3.30. The first-order valence-electron chi connectivity index (χ1n) is 7.42. The van der Waals surface area contributed by atoms with E-state index in [1.807, 2.05) is 20.8 Å². The summed E-state index contributed by atoms with van der Waals surface area (Å²) in [6.45, 7) is 5.81. The number of hydrogen-bond donors (Lipinski definition) is 0. The maximum absolute atomic E-state index is 12.3. The molecule has 0 aromatic heterocycles. The quantitative estimate of drug-likeness (QED) is 0.594. The largest absolute Gasteiger partial charge is 0.423 e. The molecule has 0 saturated carbocycles. The molecule has 0 aliphatic carbocycles. The van der Waals surface area contributed by atoms with Crippen LogP contribution in [0.1, 0.15) is 41.3 Å². The summed E-state index contributed by atoms with van der Waals surface area (Å²) in [7, 11) is -3.30. The fourth-order valence-electron chi connectivity index (χ4n) is 2.21. The first-order chi connectivity index (χ1) is 11.1. The van der Waals surface area contributed by atoms with Crippen LogP contribution in [-0.4, -0.2) is 20.6 Å². The molecule has 0 unspecified atom stereocenters. The highest BCUT2D eigenvalue weighted by molar-refractivity contribution is 7.90. The fraction of sp³-hybridized carbons (Fsp3) is 0.278. The number of sulfone groups is 1. The lowest BCUT2D eigenvalue weighted by molar-refractivity contribution is 0.0732. The van der Waals surface area contributed by atoms with Crippen molar-refractivity contribution in [3.63, 3.8) is 0 Å². The summed E-state index contributed by atoms with van der Waals surface area (Å²) in [6.07, 6.45) is 1.12. The first kappa shape index (κ1) is 18.5. The van der Waals surface area contributed by atoms with Crippen molar-refractivity contribution in [3.05, 3.63) is 58.1 Å². The highest BCUT2D eigenvalue weighted by atomic mass is 35.5. The van der Waals surface area contributed by atoms with E-state index in [0.29, 0.717) is 10.8 Å². The average Bonchev–Trinajstić information content (AvgIpc) is 2.49. The van der Waals surface area contributed by atoms with Crippen LogP contribution in [0.25, 0.3) is 0 Å². The molecule has 0 saturated heterocycles. The second kappa shape index (κ2) is 6.95. The second-order valence-electron chi connectivity index (χ2n) is 5.98. The number of carbonyl (C=O) groups excluding carboxylic acids is 1. The Balaban J connectivity index is 2.31. The molecule has 0 amide bonds. The molecule has 2 aromatic carbocycles. The van der Waals surface area contributed by atoms with Crippen molar-refractivity contribution in [1.82, 2.24) is 0 Å². The number of halogens is 1. The van der Waals surface area contributed by atoms with E-state index in [1.54, 1.807) is 12.1 Å². The Kier molecular flexibility index (Phi) is 5.35. The molecule has 0 spiro atoms. The van der Waals surface area contributed by atoms with Crippen LogP contribution < -0.4 is 4.74 Å². The standard InChI is InChI=1S/C18H19ClO4S/c1-11(2)15-10-16(19)12(3)9-17(15)23-18(20)13-5-7-14(8-6-13)24(4,21)22/h5-11H,1-4H3. The topological polar surface area (TPSA) is 60.4 Å². The normalized spacial score (nSPS) is 11.6.